The van der Waals surface area contributed by atoms with E-state index in [1.54, 1.807) is 0 Å². The second kappa shape index (κ2) is 4.60. The Morgan fingerprint density at radius 2 is 1.94 bits per heavy atom. The Morgan fingerprint density at radius 1 is 1.24 bits per heavy atom. The highest BCUT2D eigenvalue weighted by Crippen LogP contribution is 2.09. The van der Waals surface area contributed by atoms with Crippen LogP contribution in [-0.2, 0) is 0 Å². The maximum atomic E-state index is 9.61. The van der Waals surface area contributed by atoms with E-state index in [-0.39, 0.29) is 13.2 Å². The minimum atomic E-state index is -1.20. The summed E-state index contributed by atoms with van der Waals surface area (Å²) >= 11 is 0. The molecule has 90 valence electrons. The number of anilines is 1. The zero-order valence-electron chi connectivity index (χ0n) is 9.46. The number of fused-ring (bicyclic) bond motifs is 1. The van der Waals surface area contributed by atoms with Gasteiger partial charge in [0.05, 0.1) is 12.1 Å². The summed E-state index contributed by atoms with van der Waals surface area (Å²) in [5.41, 5.74) is 0.246. The maximum absolute atomic E-state index is 9.61. The summed E-state index contributed by atoms with van der Waals surface area (Å²) in [5.74, 6) is 0.331. The molecule has 1 atom stereocenters. The smallest absolute Gasteiger partial charge is 0.243 e. The van der Waals surface area contributed by atoms with Crippen LogP contribution in [0.3, 0.4) is 0 Å². The molecule has 3 N–H and O–H groups in total. The van der Waals surface area contributed by atoms with Crippen LogP contribution in [0.25, 0.3) is 11.0 Å². The summed E-state index contributed by atoms with van der Waals surface area (Å²) in [6.07, 6.45) is 0. The summed E-state index contributed by atoms with van der Waals surface area (Å²) in [5, 5.41) is 29.2. The molecule has 1 aromatic heterocycles. The average Bonchev–Trinajstić information content (AvgIpc) is 2.36. The van der Waals surface area contributed by atoms with Crippen LogP contribution in [0.4, 0.5) is 5.95 Å². The third-order valence-corrected chi connectivity index (χ3v) is 2.33. The zero-order chi connectivity index (χ0) is 12.3. The van der Waals surface area contributed by atoms with Gasteiger partial charge in [-0.15, -0.1) is 10.2 Å². The van der Waals surface area contributed by atoms with Gasteiger partial charge in [-0.2, -0.15) is 0 Å². The summed E-state index contributed by atoms with van der Waals surface area (Å²) < 4.78 is 0. The normalized spacial score (nSPS) is 14.5. The van der Waals surface area contributed by atoms with Crippen molar-refractivity contribution in [2.45, 2.75) is 12.5 Å². The van der Waals surface area contributed by atoms with Crippen molar-refractivity contribution in [3.05, 3.63) is 24.3 Å². The Kier molecular flexibility index (Phi) is 3.16. The standard InChI is InChI=1S/C11H14N4O2/c1-11(17,7-16)6-12-10-13-8-4-2-3-5-9(8)14-15-10/h2-5,16-17H,6-7H2,1H3,(H,12,13,15). The van der Waals surface area contributed by atoms with Gasteiger partial charge in [-0.25, -0.2) is 4.98 Å². The van der Waals surface area contributed by atoms with E-state index in [0.717, 1.165) is 5.52 Å². The van der Waals surface area contributed by atoms with Gasteiger partial charge in [-0.1, -0.05) is 12.1 Å². The molecule has 0 amide bonds. The molecule has 0 bridgehead atoms. The highest BCUT2D eigenvalue weighted by Gasteiger charge is 2.18. The molecular formula is C11H14N4O2. The second-order valence-corrected chi connectivity index (χ2v) is 4.13. The van der Waals surface area contributed by atoms with E-state index in [0.29, 0.717) is 11.5 Å². The van der Waals surface area contributed by atoms with Crippen LogP contribution in [0.15, 0.2) is 24.3 Å². The molecule has 1 unspecified atom stereocenters. The predicted octanol–water partition coefficient (Wildman–Crippen LogP) is 0.180. The van der Waals surface area contributed by atoms with E-state index >= 15 is 0 Å². The summed E-state index contributed by atoms with van der Waals surface area (Å²) in [6, 6.07) is 7.38. The monoisotopic (exact) mass is 234 g/mol. The van der Waals surface area contributed by atoms with Crippen LogP contribution in [0.1, 0.15) is 6.92 Å². The van der Waals surface area contributed by atoms with Gasteiger partial charge in [0.25, 0.3) is 0 Å². The molecule has 0 spiro atoms. The minimum Gasteiger partial charge on any atom is -0.393 e. The summed E-state index contributed by atoms with van der Waals surface area (Å²) in [4.78, 5) is 4.24. The number of hydrogen-bond acceptors (Lipinski definition) is 6. The molecule has 2 rings (SSSR count). The lowest BCUT2D eigenvalue weighted by Crippen LogP contribution is -2.37. The number of aromatic nitrogens is 3. The fraction of sp³-hybridized carbons (Fsp3) is 0.364. The van der Waals surface area contributed by atoms with Crippen LogP contribution in [0.2, 0.25) is 0 Å². The molecule has 0 aliphatic heterocycles. The van der Waals surface area contributed by atoms with E-state index in [4.69, 9.17) is 5.11 Å². The Morgan fingerprint density at radius 3 is 2.65 bits per heavy atom. The van der Waals surface area contributed by atoms with Crippen molar-refractivity contribution in [2.24, 2.45) is 0 Å². The molecule has 1 aromatic carbocycles. The number of nitrogens with zero attached hydrogens (tertiary/aromatic N) is 3. The number of hydrogen-bond donors (Lipinski definition) is 3. The third kappa shape index (κ3) is 2.86. The Bertz CT molecular complexity index is 516. The van der Waals surface area contributed by atoms with Crippen molar-refractivity contribution >= 4 is 17.0 Å². The van der Waals surface area contributed by atoms with Gasteiger partial charge in [0, 0.05) is 6.54 Å². The predicted molar refractivity (Wildman–Crippen MR) is 63.5 cm³/mol. The first-order valence-electron chi connectivity index (χ1n) is 5.27. The first-order valence-corrected chi connectivity index (χ1v) is 5.27. The van der Waals surface area contributed by atoms with Crippen molar-refractivity contribution in [1.29, 1.82) is 0 Å². The largest absolute Gasteiger partial charge is 0.393 e. The van der Waals surface area contributed by atoms with Gasteiger partial charge >= 0.3 is 0 Å². The first-order chi connectivity index (χ1) is 8.11. The fourth-order valence-electron chi connectivity index (χ4n) is 1.28. The van der Waals surface area contributed by atoms with E-state index < -0.39 is 5.60 Å². The lowest BCUT2D eigenvalue weighted by Gasteiger charge is -2.20. The van der Waals surface area contributed by atoms with Crippen molar-refractivity contribution in [3.63, 3.8) is 0 Å². The van der Waals surface area contributed by atoms with E-state index in [1.165, 1.54) is 6.92 Å². The highest BCUT2D eigenvalue weighted by atomic mass is 16.3. The minimum absolute atomic E-state index is 0.156. The van der Waals surface area contributed by atoms with Gasteiger partial charge < -0.3 is 15.5 Å². The van der Waals surface area contributed by atoms with Gasteiger partial charge in [0.2, 0.25) is 5.95 Å². The zero-order valence-corrected chi connectivity index (χ0v) is 9.46. The fourth-order valence-corrected chi connectivity index (χ4v) is 1.28. The van der Waals surface area contributed by atoms with E-state index in [1.807, 2.05) is 24.3 Å². The van der Waals surface area contributed by atoms with Crippen LogP contribution >= 0.6 is 0 Å². The molecular weight excluding hydrogens is 220 g/mol. The van der Waals surface area contributed by atoms with Gasteiger partial charge in [0.15, 0.2) is 0 Å². The van der Waals surface area contributed by atoms with Gasteiger partial charge in [-0.05, 0) is 19.1 Å². The molecule has 0 saturated carbocycles. The quantitative estimate of drug-likeness (QED) is 0.699. The SMILES string of the molecule is CC(O)(CO)CNc1nnc2ccccc2n1. The Balaban J connectivity index is 2.14. The molecule has 0 aliphatic rings. The Labute approximate surface area is 98.3 Å². The van der Waals surface area contributed by atoms with Gasteiger partial charge in [0.1, 0.15) is 11.1 Å². The lowest BCUT2D eigenvalue weighted by atomic mass is 10.1. The van der Waals surface area contributed by atoms with Crippen molar-refractivity contribution in [1.82, 2.24) is 15.2 Å². The molecule has 0 fully saturated rings. The molecule has 0 aliphatic carbocycles. The number of rotatable bonds is 4. The van der Waals surface area contributed by atoms with E-state index in [9.17, 15) is 5.11 Å². The third-order valence-electron chi connectivity index (χ3n) is 2.33. The molecule has 0 radical (unpaired) electrons. The maximum Gasteiger partial charge on any atom is 0.243 e. The molecule has 2 aromatic rings. The molecule has 6 nitrogen and oxygen atoms in total. The lowest BCUT2D eigenvalue weighted by molar-refractivity contribution is 0.0131. The van der Waals surface area contributed by atoms with Crippen molar-refractivity contribution < 1.29 is 10.2 Å². The van der Waals surface area contributed by atoms with Crippen molar-refractivity contribution in [2.75, 3.05) is 18.5 Å². The van der Waals surface area contributed by atoms with E-state index in [2.05, 4.69) is 20.5 Å². The number of benzene rings is 1. The van der Waals surface area contributed by atoms with Crippen LogP contribution in [0, 0.1) is 0 Å². The van der Waals surface area contributed by atoms with Crippen LogP contribution in [0.5, 0.6) is 0 Å². The molecule has 1 heterocycles. The first kappa shape index (κ1) is 11.7. The molecule has 6 heteroatoms. The van der Waals surface area contributed by atoms with Crippen LogP contribution < -0.4 is 5.32 Å². The summed E-state index contributed by atoms with van der Waals surface area (Å²) in [6.45, 7) is 1.35. The van der Waals surface area contributed by atoms with Crippen LogP contribution in [-0.4, -0.2) is 44.1 Å². The molecule has 17 heavy (non-hydrogen) atoms. The highest BCUT2D eigenvalue weighted by molar-refractivity contribution is 5.73. The number of aliphatic hydroxyl groups excluding tert-OH is 1. The number of nitrogens with one attached hydrogen (secondary N) is 1. The van der Waals surface area contributed by atoms with Crippen molar-refractivity contribution in [3.8, 4) is 0 Å². The summed E-state index contributed by atoms with van der Waals surface area (Å²) in [7, 11) is 0. The number of aliphatic hydroxyl groups is 2. The second-order valence-electron chi connectivity index (χ2n) is 4.13. The molecule has 0 saturated heterocycles. The number of para-hydroxylation sites is 1. The Hall–Kier alpha value is -1.79. The average molecular weight is 234 g/mol. The van der Waals surface area contributed by atoms with Gasteiger partial charge in [-0.3, -0.25) is 0 Å². The topological polar surface area (TPSA) is 91.2 Å².